The summed E-state index contributed by atoms with van der Waals surface area (Å²) in [4.78, 5) is 18.9. The van der Waals surface area contributed by atoms with Crippen molar-refractivity contribution in [2.75, 3.05) is 17.9 Å². The van der Waals surface area contributed by atoms with E-state index in [0.29, 0.717) is 22.4 Å². The number of hydrogen-bond acceptors (Lipinski definition) is 5. The Hall–Kier alpha value is -2.73. The van der Waals surface area contributed by atoms with Crippen molar-refractivity contribution in [1.82, 2.24) is 0 Å². The van der Waals surface area contributed by atoms with Gasteiger partial charge in [-0.05, 0) is 42.2 Å². The minimum absolute atomic E-state index is 0.136. The summed E-state index contributed by atoms with van der Waals surface area (Å²) in [6.45, 7) is 0.227. The lowest BCUT2D eigenvalue weighted by atomic mass is 10.1. The quantitative estimate of drug-likeness (QED) is 0.786. The summed E-state index contributed by atoms with van der Waals surface area (Å²) >= 11 is 1.44. The van der Waals surface area contributed by atoms with Crippen molar-refractivity contribution in [2.45, 2.75) is 0 Å². The average Bonchev–Trinajstić information content (AvgIpc) is 3.20. The molecule has 24 heavy (non-hydrogen) atoms. The van der Waals surface area contributed by atoms with Crippen LogP contribution in [0.25, 0.3) is 6.08 Å². The Morgan fingerprint density at radius 1 is 1.12 bits per heavy atom. The van der Waals surface area contributed by atoms with Crippen molar-refractivity contribution >= 4 is 34.6 Å². The molecule has 6 heteroatoms. The summed E-state index contributed by atoms with van der Waals surface area (Å²) in [5, 5.41) is 0.665. The van der Waals surface area contributed by atoms with Gasteiger partial charge in [-0.25, -0.2) is 4.99 Å². The summed E-state index contributed by atoms with van der Waals surface area (Å²) in [5.41, 5.74) is 2.06. The molecule has 2 aliphatic rings. The van der Waals surface area contributed by atoms with Crippen LogP contribution in [-0.2, 0) is 4.79 Å². The van der Waals surface area contributed by atoms with E-state index in [-0.39, 0.29) is 12.7 Å². The van der Waals surface area contributed by atoms with E-state index in [1.165, 1.54) is 11.8 Å². The second-order valence-corrected chi connectivity index (χ2v) is 5.99. The fourth-order valence-corrected chi connectivity index (χ4v) is 3.16. The number of hydrogen-bond donors (Lipinski definition) is 0. The molecule has 0 N–H and O–H groups in total. The Labute approximate surface area is 143 Å². The molecule has 0 atom stereocenters. The standard InChI is InChI=1S/C18H14N2O3S/c1-24-18-19-14(17(21)20(18)13-5-3-2-4-6-13)9-12-7-8-15-16(10-12)23-11-22-15/h2-10H,11H2,1H3/b14-9-. The molecule has 2 aromatic carbocycles. The summed E-state index contributed by atoms with van der Waals surface area (Å²) in [6.07, 6.45) is 3.68. The molecular weight excluding hydrogens is 324 g/mol. The van der Waals surface area contributed by atoms with E-state index in [2.05, 4.69) is 4.99 Å². The molecule has 120 valence electrons. The number of anilines is 1. The molecule has 2 heterocycles. The summed E-state index contributed by atoms with van der Waals surface area (Å²) in [7, 11) is 0. The molecule has 1 amide bonds. The zero-order valence-corrected chi connectivity index (χ0v) is 13.7. The minimum Gasteiger partial charge on any atom is -0.454 e. The third kappa shape index (κ3) is 2.55. The average molecular weight is 338 g/mol. The van der Waals surface area contributed by atoms with Gasteiger partial charge in [-0.15, -0.1) is 0 Å². The summed E-state index contributed by atoms with van der Waals surface area (Å²) < 4.78 is 10.7. The maximum atomic E-state index is 12.8. The third-order valence-corrected chi connectivity index (χ3v) is 4.37. The monoisotopic (exact) mass is 338 g/mol. The Morgan fingerprint density at radius 3 is 2.71 bits per heavy atom. The molecular formula is C18H14N2O3S. The van der Waals surface area contributed by atoms with E-state index in [9.17, 15) is 4.79 Å². The number of thioether (sulfide) groups is 1. The lowest BCUT2D eigenvalue weighted by molar-refractivity contribution is -0.113. The molecule has 0 saturated carbocycles. The highest BCUT2D eigenvalue weighted by molar-refractivity contribution is 8.13. The maximum Gasteiger partial charge on any atom is 0.283 e. The first-order valence-electron chi connectivity index (χ1n) is 7.40. The number of ether oxygens (including phenoxy) is 2. The van der Waals surface area contributed by atoms with Crippen LogP contribution in [0.4, 0.5) is 5.69 Å². The number of fused-ring (bicyclic) bond motifs is 1. The highest BCUT2D eigenvalue weighted by Gasteiger charge is 2.31. The van der Waals surface area contributed by atoms with Gasteiger partial charge in [0.25, 0.3) is 5.91 Å². The summed E-state index contributed by atoms with van der Waals surface area (Å²) in [6, 6.07) is 15.1. The molecule has 2 aliphatic heterocycles. The number of amides is 1. The van der Waals surface area contributed by atoms with Crippen LogP contribution in [-0.4, -0.2) is 24.1 Å². The molecule has 4 rings (SSSR count). The van der Waals surface area contributed by atoms with Gasteiger partial charge in [-0.1, -0.05) is 36.0 Å². The molecule has 0 radical (unpaired) electrons. The van der Waals surface area contributed by atoms with Gasteiger partial charge in [0.15, 0.2) is 16.7 Å². The SMILES string of the molecule is CSC1=N/C(=C\c2ccc3c(c2)OCO3)C(=O)N1c1ccccc1. The number of amidine groups is 1. The number of aliphatic imine (C=N–C) groups is 1. The predicted molar refractivity (Wildman–Crippen MR) is 95.4 cm³/mol. The highest BCUT2D eigenvalue weighted by atomic mass is 32.2. The first kappa shape index (κ1) is 14.8. The van der Waals surface area contributed by atoms with Crippen molar-refractivity contribution in [3.8, 4) is 11.5 Å². The Morgan fingerprint density at radius 2 is 1.92 bits per heavy atom. The Bertz CT molecular complexity index is 862. The number of nitrogens with zero attached hydrogens (tertiary/aromatic N) is 2. The molecule has 0 bridgehead atoms. The van der Waals surface area contributed by atoms with E-state index < -0.39 is 0 Å². The van der Waals surface area contributed by atoms with Crippen LogP contribution in [0.3, 0.4) is 0 Å². The van der Waals surface area contributed by atoms with Crippen molar-refractivity contribution in [2.24, 2.45) is 4.99 Å². The molecule has 0 aliphatic carbocycles. The maximum absolute atomic E-state index is 12.8. The van der Waals surface area contributed by atoms with Gasteiger partial charge in [0.2, 0.25) is 6.79 Å². The third-order valence-electron chi connectivity index (χ3n) is 3.73. The van der Waals surface area contributed by atoms with E-state index in [0.717, 1.165) is 11.3 Å². The van der Waals surface area contributed by atoms with Crippen molar-refractivity contribution in [1.29, 1.82) is 0 Å². The van der Waals surface area contributed by atoms with Crippen LogP contribution in [0.2, 0.25) is 0 Å². The van der Waals surface area contributed by atoms with Crippen LogP contribution >= 0.6 is 11.8 Å². The lowest BCUT2D eigenvalue weighted by Crippen LogP contribution is -2.29. The zero-order valence-electron chi connectivity index (χ0n) is 12.9. The molecule has 0 saturated heterocycles. The minimum atomic E-state index is -0.136. The van der Waals surface area contributed by atoms with Crippen LogP contribution in [0.5, 0.6) is 11.5 Å². The Balaban J connectivity index is 1.69. The fourth-order valence-electron chi connectivity index (χ4n) is 2.60. The number of benzene rings is 2. The van der Waals surface area contributed by atoms with Crippen LogP contribution in [0, 0.1) is 0 Å². The largest absolute Gasteiger partial charge is 0.454 e. The molecule has 0 unspecified atom stereocenters. The number of rotatable bonds is 2. The van der Waals surface area contributed by atoms with Crippen LogP contribution in [0.15, 0.2) is 59.2 Å². The molecule has 0 aromatic heterocycles. The van der Waals surface area contributed by atoms with Crippen LogP contribution < -0.4 is 14.4 Å². The van der Waals surface area contributed by atoms with Gasteiger partial charge in [-0.3, -0.25) is 9.69 Å². The van der Waals surface area contributed by atoms with Gasteiger partial charge in [-0.2, -0.15) is 0 Å². The number of carbonyl (C=O) groups excluding carboxylic acids is 1. The van der Waals surface area contributed by atoms with Gasteiger partial charge in [0, 0.05) is 0 Å². The topological polar surface area (TPSA) is 51.1 Å². The van der Waals surface area contributed by atoms with E-state index in [4.69, 9.17) is 9.47 Å². The van der Waals surface area contributed by atoms with E-state index >= 15 is 0 Å². The first-order valence-corrected chi connectivity index (χ1v) is 8.62. The second kappa shape index (κ2) is 6.05. The predicted octanol–water partition coefficient (Wildman–Crippen LogP) is 3.52. The smallest absolute Gasteiger partial charge is 0.283 e. The fraction of sp³-hybridized carbons (Fsp3) is 0.111. The van der Waals surface area contributed by atoms with Gasteiger partial charge >= 0.3 is 0 Å². The molecule has 0 fully saturated rings. The molecule has 2 aromatic rings. The van der Waals surface area contributed by atoms with Crippen molar-refractivity contribution < 1.29 is 14.3 Å². The highest BCUT2D eigenvalue weighted by Crippen LogP contribution is 2.34. The zero-order chi connectivity index (χ0) is 16.5. The summed E-state index contributed by atoms with van der Waals surface area (Å²) in [5.74, 6) is 1.26. The lowest BCUT2D eigenvalue weighted by Gasteiger charge is -2.16. The first-order chi connectivity index (χ1) is 11.8. The number of para-hydroxylation sites is 1. The Kier molecular flexibility index (Phi) is 3.74. The van der Waals surface area contributed by atoms with Gasteiger partial charge < -0.3 is 9.47 Å². The molecule has 5 nitrogen and oxygen atoms in total. The van der Waals surface area contributed by atoms with Gasteiger partial charge in [0.1, 0.15) is 5.70 Å². The van der Waals surface area contributed by atoms with Crippen LogP contribution in [0.1, 0.15) is 5.56 Å². The van der Waals surface area contributed by atoms with E-state index in [1.54, 1.807) is 11.0 Å². The second-order valence-electron chi connectivity index (χ2n) is 5.22. The van der Waals surface area contributed by atoms with Crippen molar-refractivity contribution in [3.05, 3.63) is 59.8 Å². The van der Waals surface area contributed by atoms with Gasteiger partial charge in [0.05, 0.1) is 5.69 Å². The van der Waals surface area contributed by atoms with E-state index in [1.807, 2.05) is 54.8 Å². The number of carbonyl (C=O) groups is 1. The van der Waals surface area contributed by atoms with Crippen molar-refractivity contribution in [3.63, 3.8) is 0 Å². The normalized spacial score (nSPS) is 17.5. The molecule has 0 spiro atoms.